The van der Waals surface area contributed by atoms with Gasteiger partial charge in [-0.25, -0.2) is 15.0 Å². The van der Waals surface area contributed by atoms with Gasteiger partial charge in [0.15, 0.2) is 29.0 Å². The van der Waals surface area contributed by atoms with E-state index < -0.39 is 26.2 Å². The number of benzene rings is 5. The van der Waals surface area contributed by atoms with Crippen LogP contribution in [0.25, 0.3) is 11.2 Å². The number of fused-ring (bicyclic) bond motifs is 1. The van der Waals surface area contributed by atoms with E-state index in [1.807, 2.05) is 4.57 Å². The Bertz CT molecular complexity index is 2400. The molecule has 7 aromatic rings. The van der Waals surface area contributed by atoms with Gasteiger partial charge in [-0.15, -0.1) is 0 Å². The second-order valence-electron chi connectivity index (χ2n) is 16.5. The number of rotatable bonds is 12. The summed E-state index contributed by atoms with van der Waals surface area (Å²) in [6.45, 7) is 10.5. The molecular formula is C51H54N6O2Si. The molecule has 0 spiro atoms. The van der Waals surface area contributed by atoms with Crippen molar-refractivity contribution in [1.29, 1.82) is 0 Å². The van der Waals surface area contributed by atoms with E-state index in [0.717, 1.165) is 36.0 Å². The third-order valence-electron chi connectivity index (χ3n) is 11.8. The van der Waals surface area contributed by atoms with Crippen LogP contribution in [0.3, 0.4) is 0 Å². The molecule has 1 saturated heterocycles. The van der Waals surface area contributed by atoms with Crippen LogP contribution in [0.4, 0.5) is 5.82 Å². The van der Waals surface area contributed by atoms with E-state index in [4.69, 9.17) is 24.9 Å². The molecule has 5 aromatic carbocycles. The molecule has 8 nitrogen and oxygen atoms in total. The molecular weight excluding hydrogens is 757 g/mol. The highest BCUT2D eigenvalue weighted by Crippen LogP contribution is 2.45. The first-order chi connectivity index (χ1) is 29.3. The molecule has 1 fully saturated rings. The van der Waals surface area contributed by atoms with Gasteiger partial charge in [-0.1, -0.05) is 192 Å². The molecule has 0 bridgehead atoms. The van der Waals surface area contributed by atoms with Gasteiger partial charge in [-0.3, -0.25) is 9.47 Å². The van der Waals surface area contributed by atoms with Gasteiger partial charge in [0, 0.05) is 19.5 Å². The van der Waals surface area contributed by atoms with Crippen LogP contribution in [-0.4, -0.2) is 58.5 Å². The van der Waals surface area contributed by atoms with Crippen LogP contribution >= 0.6 is 0 Å². The molecule has 304 valence electrons. The number of unbranched alkanes of at least 4 members (excludes halogenated alkanes) is 2. The van der Waals surface area contributed by atoms with Crippen LogP contribution in [-0.2, 0) is 14.7 Å². The number of ether oxygens (including phenoxy) is 1. The van der Waals surface area contributed by atoms with Gasteiger partial charge in [0.25, 0.3) is 8.32 Å². The number of anilines is 1. The van der Waals surface area contributed by atoms with E-state index in [1.165, 1.54) is 16.7 Å². The Hall–Kier alpha value is -5.89. The van der Waals surface area contributed by atoms with Crippen LogP contribution < -0.4 is 16.1 Å². The Morgan fingerprint density at radius 3 is 1.75 bits per heavy atom. The second kappa shape index (κ2) is 17.8. The van der Waals surface area contributed by atoms with Gasteiger partial charge in [0.2, 0.25) is 0 Å². The number of hydrogen-bond acceptors (Lipinski definition) is 7. The zero-order valence-electron chi connectivity index (χ0n) is 35.0. The largest absolute Gasteiger partial charge is 0.405 e. The van der Waals surface area contributed by atoms with E-state index >= 15 is 0 Å². The third kappa shape index (κ3) is 7.68. The van der Waals surface area contributed by atoms with Gasteiger partial charge >= 0.3 is 0 Å². The zero-order chi connectivity index (χ0) is 41.6. The Kier molecular flexibility index (Phi) is 12.1. The fraction of sp³-hybridized carbons (Fsp3) is 0.275. The molecule has 0 amide bonds. The maximum atomic E-state index is 7.67. The number of nitrogen functional groups attached to an aromatic ring is 1. The lowest BCUT2D eigenvalue weighted by Gasteiger charge is -2.51. The number of aromatic nitrogens is 4. The molecule has 60 heavy (non-hydrogen) atoms. The molecule has 8 rings (SSSR count). The SMILES string of the molecule is CCCCC#Cc1nc2c(N)ncnc2n1[C@H]1CN(C(c2ccccc2)(c2ccccc2)c2ccccc2)C[C@@H](CO[Si](c2ccccc2)(c2ccccc2)C(C)(C)C)O1. The lowest BCUT2D eigenvalue weighted by molar-refractivity contribution is -0.146. The molecule has 3 heterocycles. The average Bonchev–Trinajstić information content (AvgIpc) is 3.67. The topological polar surface area (TPSA) is 91.3 Å². The summed E-state index contributed by atoms with van der Waals surface area (Å²) in [5.41, 5.74) is 10.3. The first-order valence-corrected chi connectivity index (χ1v) is 23.0. The molecule has 1 aliphatic rings. The molecule has 0 radical (unpaired) electrons. The Morgan fingerprint density at radius 1 is 0.733 bits per heavy atom. The first kappa shape index (κ1) is 40.9. The predicted molar refractivity (Wildman–Crippen MR) is 244 cm³/mol. The maximum Gasteiger partial charge on any atom is 0.261 e. The van der Waals surface area contributed by atoms with Crippen LogP contribution in [0.2, 0.25) is 5.04 Å². The number of imidazole rings is 1. The Morgan fingerprint density at radius 2 is 1.25 bits per heavy atom. The standard InChI is InChI=1S/C51H54N6O2Si/c1-5-6-7-23-34-45-55-47-48(52)53-38-54-49(47)57(45)46-36-56(51(39-24-13-8-14-25-39,40-26-15-9-16-27-40)41-28-17-10-18-29-41)35-42(59-46)37-58-60(50(2,3)4,43-30-19-11-20-31-43)44-32-21-12-22-33-44/h8-22,24-33,38,42,46H,5-7,35-37H2,1-4H3,(H2,52,53,54)/t42-,46+/m0/s1. The molecule has 0 aliphatic carbocycles. The zero-order valence-corrected chi connectivity index (χ0v) is 36.0. The van der Waals surface area contributed by atoms with Crippen molar-refractivity contribution in [1.82, 2.24) is 24.4 Å². The van der Waals surface area contributed by atoms with Gasteiger partial charge in [0.1, 0.15) is 6.33 Å². The van der Waals surface area contributed by atoms with Crippen molar-refractivity contribution >= 4 is 35.7 Å². The van der Waals surface area contributed by atoms with E-state index in [0.29, 0.717) is 42.5 Å². The smallest absolute Gasteiger partial charge is 0.261 e. The highest BCUT2D eigenvalue weighted by Gasteiger charge is 2.52. The minimum atomic E-state index is -2.95. The van der Waals surface area contributed by atoms with Crippen LogP contribution in [0, 0.1) is 11.8 Å². The fourth-order valence-corrected chi connectivity index (χ4v) is 13.7. The summed E-state index contributed by atoms with van der Waals surface area (Å²) >= 11 is 0. The van der Waals surface area contributed by atoms with Gasteiger partial charge in [0.05, 0.1) is 18.2 Å². The lowest BCUT2D eigenvalue weighted by Crippen LogP contribution is -2.67. The minimum Gasteiger partial charge on any atom is -0.405 e. The van der Waals surface area contributed by atoms with Crippen LogP contribution in [0.5, 0.6) is 0 Å². The predicted octanol–water partition coefficient (Wildman–Crippen LogP) is 8.72. The van der Waals surface area contributed by atoms with Crippen molar-refractivity contribution in [3.8, 4) is 11.8 Å². The maximum absolute atomic E-state index is 7.67. The Balaban J connectivity index is 1.33. The number of morpholine rings is 1. The van der Waals surface area contributed by atoms with Crippen molar-refractivity contribution in [2.45, 2.75) is 69.9 Å². The lowest BCUT2D eigenvalue weighted by atomic mass is 9.75. The molecule has 0 unspecified atom stereocenters. The summed E-state index contributed by atoms with van der Waals surface area (Å²) in [5.74, 6) is 7.64. The average molecular weight is 811 g/mol. The Labute approximate surface area is 355 Å². The normalized spacial score (nSPS) is 16.3. The van der Waals surface area contributed by atoms with Crippen molar-refractivity contribution in [2.24, 2.45) is 0 Å². The highest BCUT2D eigenvalue weighted by atomic mass is 28.4. The van der Waals surface area contributed by atoms with E-state index in [1.54, 1.807) is 0 Å². The number of hydrogen-bond donors (Lipinski definition) is 1. The first-order valence-electron chi connectivity index (χ1n) is 21.1. The van der Waals surface area contributed by atoms with Crippen molar-refractivity contribution in [2.75, 3.05) is 25.4 Å². The molecule has 2 atom stereocenters. The van der Waals surface area contributed by atoms with Crippen LogP contribution in [0.1, 0.15) is 75.7 Å². The fourth-order valence-electron chi connectivity index (χ4n) is 9.08. The summed E-state index contributed by atoms with van der Waals surface area (Å²) in [6, 6.07) is 54.0. The summed E-state index contributed by atoms with van der Waals surface area (Å²) in [7, 11) is -2.95. The third-order valence-corrected chi connectivity index (χ3v) is 16.8. The molecule has 1 aliphatic heterocycles. The summed E-state index contributed by atoms with van der Waals surface area (Å²) in [4.78, 5) is 16.7. The minimum absolute atomic E-state index is 0.221. The molecule has 9 heteroatoms. The second-order valence-corrected chi connectivity index (χ2v) is 20.8. The van der Waals surface area contributed by atoms with Gasteiger partial charge < -0.3 is 14.9 Å². The summed E-state index contributed by atoms with van der Waals surface area (Å²) in [5, 5.41) is 2.22. The number of nitrogens with zero attached hydrogens (tertiary/aromatic N) is 5. The highest BCUT2D eigenvalue weighted by molar-refractivity contribution is 6.99. The summed E-state index contributed by atoms with van der Waals surface area (Å²) < 4.78 is 17.1. The molecule has 2 aromatic heterocycles. The van der Waals surface area contributed by atoms with Crippen molar-refractivity contribution in [3.05, 3.63) is 181 Å². The summed E-state index contributed by atoms with van der Waals surface area (Å²) in [6.07, 6.45) is 3.34. The van der Waals surface area contributed by atoms with Gasteiger partial charge in [-0.05, 0) is 44.4 Å². The molecule has 2 N–H and O–H groups in total. The number of nitrogens with two attached hydrogens (primary N) is 1. The van der Waals surface area contributed by atoms with E-state index in [9.17, 15) is 0 Å². The van der Waals surface area contributed by atoms with Crippen molar-refractivity contribution < 1.29 is 9.16 Å². The monoisotopic (exact) mass is 810 g/mol. The van der Waals surface area contributed by atoms with E-state index in [-0.39, 0.29) is 5.04 Å². The van der Waals surface area contributed by atoms with Crippen LogP contribution in [0.15, 0.2) is 158 Å². The quantitative estimate of drug-likeness (QED) is 0.0572. The molecule has 0 saturated carbocycles. The van der Waals surface area contributed by atoms with Gasteiger partial charge in [-0.2, -0.15) is 0 Å². The van der Waals surface area contributed by atoms with E-state index in [2.05, 4.69) is 201 Å². The van der Waals surface area contributed by atoms with Crippen molar-refractivity contribution in [3.63, 3.8) is 0 Å².